The van der Waals surface area contributed by atoms with Crippen molar-refractivity contribution in [3.05, 3.63) is 29.8 Å². The zero-order valence-corrected chi connectivity index (χ0v) is 11.2. The molecule has 1 aromatic heterocycles. The van der Waals surface area contributed by atoms with Gasteiger partial charge in [-0.2, -0.15) is 0 Å². The van der Waals surface area contributed by atoms with E-state index in [1.165, 1.54) is 38.2 Å². The smallest absolute Gasteiger partial charge is 0.146 e. The molecule has 1 aliphatic rings. The summed E-state index contributed by atoms with van der Waals surface area (Å²) in [5.74, 6) is 0.545. The molecule has 1 aliphatic carbocycles. The lowest BCUT2D eigenvalue weighted by Gasteiger charge is -2.26. The van der Waals surface area contributed by atoms with Gasteiger partial charge in [0.2, 0.25) is 0 Å². The lowest BCUT2D eigenvalue weighted by atomic mass is 9.84. The summed E-state index contributed by atoms with van der Waals surface area (Å²) < 4.78 is 13.8. The Bertz CT molecular complexity index is 361. The first-order valence-electron chi connectivity index (χ1n) is 7.15. The van der Waals surface area contributed by atoms with Crippen LogP contribution in [-0.4, -0.2) is 11.5 Å². The summed E-state index contributed by atoms with van der Waals surface area (Å²) in [7, 11) is 0. The minimum absolute atomic E-state index is 0.0688. The van der Waals surface area contributed by atoms with Gasteiger partial charge in [0.1, 0.15) is 5.82 Å². The van der Waals surface area contributed by atoms with Crippen molar-refractivity contribution in [1.82, 2.24) is 10.3 Å². The van der Waals surface area contributed by atoms with Crippen molar-refractivity contribution in [3.63, 3.8) is 0 Å². The number of hydrogen-bond donors (Lipinski definition) is 1. The highest BCUT2D eigenvalue weighted by molar-refractivity contribution is 5.11. The molecule has 0 spiro atoms. The molecule has 0 bridgehead atoms. The van der Waals surface area contributed by atoms with Gasteiger partial charge in [0.05, 0.1) is 11.7 Å². The molecule has 1 N–H and O–H groups in total. The van der Waals surface area contributed by atoms with Crippen LogP contribution in [0.1, 0.15) is 57.2 Å². The summed E-state index contributed by atoms with van der Waals surface area (Å²) in [5.41, 5.74) is 0.588. The van der Waals surface area contributed by atoms with Crippen LogP contribution in [0, 0.1) is 11.7 Å². The van der Waals surface area contributed by atoms with E-state index in [2.05, 4.69) is 17.2 Å². The number of halogens is 1. The maximum absolute atomic E-state index is 13.8. The van der Waals surface area contributed by atoms with Gasteiger partial charge < -0.3 is 5.32 Å². The third-order valence-electron chi connectivity index (χ3n) is 3.86. The molecule has 2 nitrogen and oxygen atoms in total. The Morgan fingerprint density at radius 3 is 2.83 bits per heavy atom. The minimum Gasteiger partial charge on any atom is -0.309 e. The molecule has 0 radical (unpaired) electrons. The van der Waals surface area contributed by atoms with E-state index in [1.54, 1.807) is 12.3 Å². The van der Waals surface area contributed by atoms with E-state index in [-0.39, 0.29) is 11.9 Å². The zero-order chi connectivity index (χ0) is 12.8. The van der Waals surface area contributed by atoms with E-state index in [0.29, 0.717) is 5.69 Å². The number of pyridine rings is 1. The molecule has 0 aromatic carbocycles. The summed E-state index contributed by atoms with van der Waals surface area (Å²) >= 11 is 0. The van der Waals surface area contributed by atoms with Crippen LogP contribution in [0.4, 0.5) is 4.39 Å². The van der Waals surface area contributed by atoms with Crippen LogP contribution in [0.2, 0.25) is 0 Å². The van der Waals surface area contributed by atoms with Gasteiger partial charge in [0, 0.05) is 6.20 Å². The van der Waals surface area contributed by atoms with Gasteiger partial charge in [-0.25, -0.2) is 4.39 Å². The predicted octanol–water partition coefficient (Wildman–Crippen LogP) is 3.84. The molecule has 2 rings (SSSR count). The molecule has 1 aromatic rings. The second-order valence-corrected chi connectivity index (χ2v) is 5.22. The van der Waals surface area contributed by atoms with E-state index in [1.807, 2.05) is 0 Å². The number of hydrogen-bond acceptors (Lipinski definition) is 2. The van der Waals surface area contributed by atoms with Gasteiger partial charge in [-0.3, -0.25) is 4.98 Å². The fourth-order valence-electron chi connectivity index (χ4n) is 2.95. The van der Waals surface area contributed by atoms with Crippen LogP contribution in [0.25, 0.3) is 0 Å². The Morgan fingerprint density at radius 2 is 2.17 bits per heavy atom. The average molecular weight is 250 g/mol. The second kappa shape index (κ2) is 6.83. The monoisotopic (exact) mass is 250 g/mol. The van der Waals surface area contributed by atoms with Crippen molar-refractivity contribution in [3.8, 4) is 0 Å². The van der Waals surface area contributed by atoms with Gasteiger partial charge >= 0.3 is 0 Å². The molecule has 3 heteroatoms. The highest BCUT2D eigenvalue weighted by Gasteiger charge is 2.22. The van der Waals surface area contributed by atoms with Crippen LogP contribution in [-0.2, 0) is 0 Å². The topological polar surface area (TPSA) is 24.9 Å². The fraction of sp³-hybridized carbons (Fsp3) is 0.667. The molecular weight excluding hydrogens is 227 g/mol. The SMILES string of the molecule is CCNC(CC1CCCCC1)c1ncccc1F. The number of nitrogens with one attached hydrogen (secondary N) is 1. The highest BCUT2D eigenvalue weighted by atomic mass is 19.1. The van der Waals surface area contributed by atoms with E-state index < -0.39 is 0 Å². The lowest BCUT2D eigenvalue weighted by Crippen LogP contribution is -2.26. The number of rotatable bonds is 5. The van der Waals surface area contributed by atoms with Gasteiger partial charge in [0.15, 0.2) is 0 Å². The van der Waals surface area contributed by atoms with Crippen molar-refractivity contribution in [1.29, 1.82) is 0 Å². The molecule has 0 amide bonds. The molecule has 100 valence electrons. The Labute approximate surface area is 109 Å². The zero-order valence-electron chi connectivity index (χ0n) is 11.2. The fourth-order valence-corrected chi connectivity index (χ4v) is 2.95. The maximum Gasteiger partial charge on any atom is 0.146 e. The largest absolute Gasteiger partial charge is 0.309 e. The van der Waals surface area contributed by atoms with Crippen LogP contribution >= 0.6 is 0 Å². The third-order valence-corrected chi connectivity index (χ3v) is 3.86. The van der Waals surface area contributed by atoms with Crippen molar-refractivity contribution in [2.24, 2.45) is 5.92 Å². The number of nitrogens with zero attached hydrogens (tertiary/aromatic N) is 1. The molecule has 1 unspecified atom stereocenters. The van der Waals surface area contributed by atoms with Gasteiger partial charge in [-0.15, -0.1) is 0 Å². The highest BCUT2D eigenvalue weighted by Crippen LogP contribution is 2.31. The summed E-state index contributed by atoms with van der Waals surface area (Å²) in [5, 5.41) is 3.38. The van der Waals surface area contributed by atoms with E-state index >= 15 is 0 Å². The first kappa shape index (κ1) is 13.5. The van der Waals surface area contributed by atoms with Gasteiger partial charge in [0.25, 0.3) is 0 Å². The summed E-state index contributed by atoms with van der Waals surface area (Å²) in [6.07, 6.45) is 9.29. The van der Waals surface area contributed by atoms with E-state index in [0.717, 1.165) is 18.9 Å². The Hall–Kier alpha value is -0.960. The van der Waals surface area contributed by atoms with Gasteiger partial charge in [-0.1, -0.05) is 39.0 Å². The average Bonchev–Trinajstić information content (AvgIpc) is 2.40. The molecule has 0 aliphatic heterocycles. The van der Waals surface area contributed by atoms with Crippen molar-refractivity contribution in [2.45, 2.75) is 51.5 Å². The normalized spacial score (nSPS) is 18.8. The van der Waals surface area contributed by atoms with Crippen LogP contribution in [0.3, 0.4) is 0 Å². The molecule has 1 fully saturated rings. The van der Waals surface area contributed by atoms with E-state index in [4.69, 9.17) is 0 Å². The second-order valence-electron chi connectivity index (χ2n) is 5.22. The predicted molar refractivity (Wildman–Crippen MR) is 71.8 cm³/mol. The molecule has 1 atom stereocenters. The Morgan fingerprint density at radius 1 is 1.39 bits per heavy atom. The third kappa shape index (κ3) is 3.52. The van der Waals surface area contributed by atoms with Gasteiger partial charge in [-0.05, 0) is 31.0 Å². The van der Waals surface area contributed by atoms with Crippen molar-refractivity contribution >= 4 is 0 Å². The quantitative estimate of drug-likeness (QED) is 0.858. The van der Waals surface area contributed by atoms with E-state index in [9.17, 15) is 4.39 Å². The Balaban J connectivity index is 2.05. The summed E-state index contributed by atoms with van der Waals surface area (Å²) in [4.78, 5) is 4.23. The molecular formula is C15H23FN2. The minimum atomic E-state index is -0.181. The van der Waals surface area contributed by atoms with Crippen molar-refractivity contribution in [2.75, 3.05) is 6.54 Å². The van der Waals surface area contributed by atoms with Crippen molar-refractivity contribution < 1.29 is 4.39 Å². The summed E-state index contributed by atoms with van der Waals surface area (Å²) in [6.45, 7) is 2.92. The first-order chi connectivity index (χ1) is 8.81. The lowest BCUT2D eigenvalue weighted by molar-refractivity contribution is 0.296. The van der Waals surface area contributed by atoms with Crippen LogP contribution in [0.5, 0.6) is 0 Å². The standard InChI is InChI=1S/C15H23FN2/c1-2-17-14(11-12-7-4-3-5-8-12)15-13(16)9-6-10-18-15/h6,9-10,12,14,17H,2-5,7-8,11H2,1H3. The molecule has 0 saturated heterocycles. The Kier molecular flexibility index (Phi) is 5.12. The van der Waals surface area contributed by atoms with Crippen LogP contribution in [0.15, 0.2) is 18.3 Å². The first-order valence-corrected chi connectivity index (χ1v) is 7.15. The molecule has 18 heavy (non-hydrogen) atoms. The molecule has 1 heterocycles. The molecule has 1 saturated carbocycles. The van der Waals surface area contributed by atoms with Crippen LogP contribution < -0.4 is 5.32 Å². The summed E-state index contributed by atoms with van der Waals surface area (Å²) in [6, 6.07) is 3.23. The maximum atomic E-state index is 13.8. The number of aromatic nitrogens is 1.